The van der Waals surface area contributed by atoms with Gasteiger partial charge in [0, 0.05) is 25.5 Å². The van der Waals surface area contributed by atoms with E-state index in [1.807, 2.05) is 28.6 Å². The predicted molar refractivity (Wildman–Crippen MR) is 74.3 cm³/mol. The lowest BCUT2D eigenvalue weighted by molar-refractivity contribution is 0.516. The van der Waals surface area contributed by atoms with E-state index in [4.69, 9.17) is 12.2 Å². The van der Waals surface area contributed by atoms with Gasteiger partial charge in [-0.3, -0.25) is 4.68 Å². The number of nitrogens with one attached hydrogen (secondary N) is 1. The lowest BCUT2D eigenvalue weighted by atomic mass is 10.3. The molecular formula is C12H14N6S. The van der Waals surface area contributed by atoms with Crippen molar-refractivity contribution >= 4 is 23.4 Å². The minimum atomic E-state index is 0.715. The van der Waals surface area contributed by atoms with E-state index in [-0.39, 0.29) is 0 Å². The molecule has 0 aromatic carbocycles. The number of imidazole rings is 1. The lowest BCUT2D eigenvalue weighted by Gasteiger charge is -2.04. The molecule has 0 aliphatic carbocycles. The molecule has 0 aliphatic heterocycles. The number of pyridine rings is 1. The maximum Gasteiger partial charge on any atom is 0.179 e. The Morgan fingerprint density at radius 1 is 1.37 bits per heavy atom. The second-order valence-corrected chi connectivity index (χ2v) is 4.87. The van der Waals surface area contributed by atoms with E-state index in [1.54, 1.807) is 6.20 Å². The largest absolute Gasteiger partial charge is 0.329 e. The zero-order valence-corrected chi connectivity index (χ0v) is 11.4. The van der Waals surface area contributed by atoms with Crippen molar-refractivity contribution in [2.75, 3.05) is 0 Å². The maximum atomic E-state index is 5.34. The summed E-state index contributed by atoms with van der Waals surface area (Å²) in [7, 11) is 0. The van der Waals surface area contributed by atoms with Gasteiger partial charge in [-0.1, -0.05) is 5.21 Å². The molecule has 7 heteroatoms. The van der Waals surface area contributed by atoms with Crippen LogP contribution in [0.25, 0.3) is 11.2 Å². The number of aryl methyl sites for hydroxylation is 3. The van der Waals surface area contributed by atoms with Crippen LogP contribution in [0, 0.1) is 11.7 Å². The van der Waals surface area contributed by atoms with Crippen molar-refractivity contribution in [2.24, 2.45) is 0 Å². The van der Waals surface area contributed by atoms with Crippen molar-refractivity contribution in [3.8, 4) is 0 Å². The summed E-state index contributed by atoms with van der Waals surface area (Å²) in [5.41, 5.74) is 3.03. The zero-order chi connectivity index (χ0) is 13.2. The smallest absolute Gasteiger partial charge is 0.179 e. The summed E-state index contributed by atoms with van der Waals surface area (Å²) in [6.07, 6.45) is 6.33. The maximum absolute atomic E-state index is 5.34. The standard InChI is InChI=1S/C12H14N6S/c1-9-7-10-11(13-8-9)18(12(19)15-10)5-2-4-17-6-3-14-16-17/h3,6-8H,2,4-5H2,1H3,(H,15,19). The number of aromatic nitrogens is 6. The molecule has 0 unspecified atom stereocenters. The number of H-pyrrole nitrogens is 1. The molecule has 0 bridgehead atoms. The number of aromatic amines is 1. The van der Waals surface area contributed by atoms with Gasteiger partial charge in [0.2, 0.25) is 0 Å². The molecule has 0 saturated heterocycles. The van der Waals surface area contributed by atoms with Crippen molar-refractivity contribution in [3.63, 3.8) is 0 Å². The lowest BCUT2D eigenvalue weighted by Crippen LogP contribution is -2.05. The van der Waals surface area contributed by atoms with Gasteiger partial charge in [-0.25, -0.2) is 4.98 Å². The highest BCUT2D eigenvalue weighted by Gasteiger charge is 2.05. The average Bonchev–Trinajstić information content (AvgIpc) is 2.98. The molecule has 3 heterocycles. The van der Waals surface area contributed by atoms with E-state index in [0.717, 1.165) is 36.2 Å². The second kappa shape index (κ2) is 4.93. The van der Waals surface area contributed by atoms with Crippen molar-refractivity contribution in [1.29, 1.82) is 0 Å². The number of hydrogen-bond donors (Lipinski definition) is 1. The van der Waals surface area contributed by atoms with Crippen LogP contribution >= 0.6 is 12.2 Å². The fraction of sp³-hybridized carbons (Fsp3) is 0.333. The highest BCUT2D eigenvalue weighted by atomic mass is 32.1. The third-order valence-corrected chi connectivity index (χ3v) is 3.31. The molecule has 19 heavy (non-hydrogen) atoms. The Hall–Kier alpha value is -2.02. The van der Waals surface area contributed by atoms with Crippen molar-refractivity contribution in [3.05, 3.63) is 35.0 Å². The van der Waals surface area contributed by atoms with Crippen LogP contribution in [0.1, 0.15) is 12.0 Å². The minimum Gasteiger partial charge on any atom is -0.329 e. The molecule has 3 aromatic heterocycles. The summed E-state index contributed by atoms with van der Waals surface area (Å²) in [4.78, 5) is 7.64. The molecule has 98 valence electrons. The van der Waals surface area contributed by atoms with Gasteiger partial charge in [-0.05, 0) is 37.2 Å². The normalized spacial score (nSPS) is 11.2. The van der Waals surface area contributed by atoms with E-state index >= 15 is 0 Å². The molecule has 1 N–H and O–H groups in total. The van der Waals surface area contributed by atoms with E-state index in [9.17, 15) is 0 Å². The van der Waals surface area contributed by atoms with Crippen LogP contribution in [0.3, 0.4) is 0 Å². The van der Waals surface area contributed by atoms with Gasteiger partial charge in [0.25, 0.3) is 0 Å². The Labute approximate surface area is 115 Å². The van der Waals surface area contributed by atoms with E-state index in [1.165, 1.54) is 0 Å². The van der Waals surface area contributed by atoms with Crippen LogP contribution in [-0.4, -0.2) is 29.5 Å². The van der Waals surface area contributed by atoms with Crippen molar-refractivity contribution in [2.45, 2.75) is 26.4 Å². The van der Waals surface area contributed by atoms with Crippen LogP contribution < -0.4 is 0 Å². The highest BCUT2D eigenvalue weighted by molar-refractivity contribution is 7.71. The fourth-order valence-corrected chi connectivity index (χ4v) is 2.39. The summed E-state index contributed by atoms with van der Waals surface area (Å²) in [5, 5.41) is 7.72. The number of hydrogen-bond acceptors (Lipinski definition) is 4. The fourth-order valence-electron chi connectivity index (χ4n) is 2.10. The van der Waals surface area contributed by atoms with Crippen LogP contribution in [-0.2, 0) is 13.1 Å². The summed E-state index contributed by atoms with van der Waals surface area (Å²) in [6, 6.07) is 2.06. The van der Waals surface area contributed by atoms with E-state index in [2.05, 4.69) is 26.3 Å². The topological polar surface area (TPSA) is 64.3 Å². The molecule has 0 radical (unpaired) electrons. The summed E-state index contributed by atoms with van der Waals surface area (Å²) < 4.78 is 4.56. The van der Waals surface area contributed by atoms with Gasteiger partial charge in [0.05, 0.1) is 11.7 Å². The van der Waals surface area contributed by atoms with E-state index < -0.39 is 0 Å². The molecule has 0 aliphatic rings. The molecular weight excluding hydrogens is 260 g/mol. The molecule has 0 spiro atoms. The summed E-state index contributed by atoms with van der Waals surface area (Å²) in [6.45, 7) is 3.65. The van der Waals surface area contributed by atoms with Crippen LogP contribution in [0.5, 0.6) is 0 Å². The SMILES string of the molecule is Cc1cnc2c(c1)[nH]c(=S)n2CCCn1ccnn1. The van der Waals surface area contributed by atoms with Gasteiger partial charge in [-0.15, -0.1) is 5.10 Å². The molecule has 3 rings (SSSR count). The van der Waals surface area contributed by atoms with Gasteiger partial charge in [-0.2, -0.15) is 0 Å². The zero-order valence-electron chi connectivity index (χ0n) is 10.6. The van der Waals surface area contributed by atoms with Crippen LogP contribution in [0.2, 0.25) is 0 Å². The predicted octanol–water partition coefficient (Wildman–Crippen LogP) is 2.08. The molecule has 0 amide bonds. The minimum absolute atomic E-state index is 0.715. The highest BCUT2D eigenvalue weighted by Crippen LogP contribution is 2.13. The number of nitrogens with zero attached hydrogens (tertiary/aromatic N) is 5. The second-order valence-electron chi connectivity index (χ2n) is 4.49. The molecule has 0 atom stereocenters. The van der Waals surface area contributed by atoms with Crippen LogP contribution in [0.4, 0.5) is 0 Å². The Bertz CT molecular complexity index is 739. The molecule has 3 aromatic rings. The van der Waals surface area contributed by atoms with Crippen LogP contribution in [0.15, 0.2) is 24.7 Å². The summed E-state index contributed by atoms with van der Waals surface area (Å²) >= 11 is 5.34. The first-order valence-electron chi connectivity index (χ1n) is 6.13. The van der Waals surface area contributed by atoms with Gasteiger partial charge in [0.1, 0.15) is 0 Å². The Morgan fingerprint density at radius 3 is 3.05 bits per heavy atom. The van der Waals surface area contributed by atoms with Crippen molar-refractivity contribution in [1.82, 2.24) is 29.5 Å². The van der Waals surface area contributed by atoms with Gasteiger partial charge < -0.3 is 9.55 Å². The quantitative estimate of drug-likeness (QED) is 0.740. The first kappa shape index (κ1) is 12.0. The Morgan fingerprint density at radius 2 is 2.26 bits per heavy atom. The Balaban J connectivity index is 1.80. The number of fused-ring (bicyclic) bond motifs is 1. The summed E-state index contributed by atoms with van der Waals surface area (Å²) in [5.74, 6) is 0. The molecule has 0 saturated carbocycles. The molecule has 6 nitrogen and oxygen atoms in total. The average molecular weight is 274 g/mol. The van der Waals surface area contributed by atoms with E-state index in [0.29, 0.717) is 4.77 Å². The van der Waals surface area contributed by atoms with Gasteiger partial charge in [0.15, 0.2) is 10.4 Å². The van der Waals surface area contributed by atoms with Gasteiger partial charge >= 0.3 is 0 Å². The number of rotatable bonds is 4. The third kappa shape index (κ3) is 2.41. The first-order valence-corrected chi connectivity index (χ1v) is 6.54. The monoisotopic (exact) mass is 274 g/mol. The molecule has 0 fully saturated rings. The van der Waals surface area contributed by atoms with Crippen molar-refractivity contribution < 1.29 is 0 Å². The first-order chi connectivity index (χ1) is 9.24. The third-order valence-electron chi connectivity index (χ3n) is 2.99. The Kier molecular flexibility index (Phi) is 3.12.